The summed E-state index contributed by atoms with van der Waals surface area (Å²) in [5.74, 6) is 2.27. The van der Waals surface area contributed by atoms with Crippen LogP contribution in [0.4, 0.5) is 0 Å². The van der Waals surface area contributed by atoms with E-state index in [1.807, 2.05) is 41.2 Å². The van der Waals surface area contributed by atoms with Crippen LogP contribution in [0, 0.1) is 0 Å². The van der Waals surface area contributed by atoms with Crippen molar-refractivity contribution in [3.8, 4) is 0 Å². The van der Waals surface area contributed by atoms with E-state index in [9.17, 15) is 0 Å². The van der Waals surface area contributed by atoms with Crippen molar-refractivity contribution in [3.05, 3.63) is 59.7 Å². The lowest BCUT2D eigenvalue weighted by molar-refractivity contribution is 0.140. The number of hydrogen-bond donors (Lipinski definition) is 0. The Bertz CT molecular complexity index is 765. The van der Waals surface area contributed by atoms with Crippen LogP contribution in [0.25, 0.3) is 0 Å². The summed E-state index contributed by atoms with van der Waals surface area (Å²) in [6.45, 7) is 0. The molecule has 2 rings (SSSR count). The Hall–Kier alpha value is 0.0338. The Kier molecular flexibility index (Phi) is 15.8. The lowest BCUT2D eigenvalue weighted by atomic mass is 10.1. The predicted molar refractivity (Wildman–Crippen MR) is 162 cm³/mol. The van der Waals surface area contributed by atoms with Gasteiger partial charge in [-0.1, -0.05) is 70.1 Å². The average molecular weight is 607 g/mol. The van der Waals surface area contributed by atoms with E-state index in [1.165, 1.54) is 11.1 Å². The first-order valence-corrected chi connectivity index (χ1v) is 20.2. The summed E-state index contributed by atoms with van der Waals surface area (Å²) in [4.78, 5) is 0. The molecule has 0 bridgehead atoms. The van der Waals surface area contributed by atoms with E-state index in [1.54, 1.807) is 42.7 Å². The minimum Gasteiger partial charge on any atom is -0.373 e. The molecule has 0 saturated carbocycles. The van der Waals surface area contributed by atoms with Gasteiger partial charge in [-0.2, -0.15) is 0 Å². The van der Waals surface area contributed by atoms with Crippen LogP contribution in [0.2, 0.25) is 0 Å². The lowest BCUT2D eigenvalue weighted by Gasteiger charge is -2.24. The molecule has 0 fully saturated rings. The van der Waals surface area contributed by atoms with Crippen molar-refractivity contribution in [2.45, 2.75) is 25.7 Å². The highest BCUT2D eigenvalue weighted by Gasteiger charge is 2.41. The Morgan fingerprint density at radius 1 is 0.500 bits per heavy atom. The Morgan fingerprint density at radius 2 is 0.806 bits per heavy atom. The Balaban J connectivity index is 1.56. The molecule has 12 heteroatoms. The summed E-state index contributed by atoms with van der Waals surface area (Å²) in [7, 11) is 11.9. The molecule has 36 heavy (non-hydrogen) atoms. The van der Waals surface area contributed by atoms with E-state index in [2.05, 4.69) is 48.5 Å². The van der Waals surface area contributed by atoms with Crippen molar-refractivity contribution in [1.82, 2.24) is 0 Å². The van der Waals surface area contributed by atoms with Crippen molar-refractivity contribution in [2.75, 3.05) is 54.2 Å². The first-order valence-electron chi connectivity index (χ1n) is 11.6. The van der Waals surface area contributed by atoms with Crippen LogP contribution < -0.4 is 10.4 Å². The van der Waals surface area contributed by atoms with Crippen LogP contribution in [0.5, 0.6) is 0 Å². The van der Waals surface area contributed by atoms with Gasteiger partial charge in [-0.3, -0.25) is 0 Å². The zero-order chi connectivity index (χ0) is 26.3. The molecule has 6 nitrogen and oxygen atoms in total. The highest BCUT2D eigenvalue weighted by Crippen LogP contribution is 2.43. The highest BCUT2D eigenvalue weighted by molar-refractivity contribution is 9.26. The molecule has 0 spiro atoms. The second kappa shape index (κ2) is 17.6. The third-order valence-electron chi connectivity index (χ3n) is 5.74. The number of hydrogen-bond acceptors (Lipinski definition) is 10. The zero-order valence-electron chi connectivity index (χ0n) is 21.9. The van der Waals surface area contributed by atoms with Crippen LogP contribution in [0.1, 0.15) is 24.0 Å². The van der Waals surface area contributed by atoms with Gasteiger partial charge in [-0.15, -0.1) is 0 Å². The molecule has 0 aromatic heterocycles. The zero-order valence-corrected chi connectivity index (χ0v) is 27.2. The van der Waals surface area contributed by atoms with Gasteiger partial charge in [0.1, 0.15) is 0 Å². The minimum atomic E-state index is -2.74. The fourth-order valence-corrected chi connectivity index (χ4v) is 13.4. The minimum absolute atomic E-state index is 0.987. The fourth-order valence-electron chi connectivity index (χ4n) is 3.74. The molecule has 202 valence electrons. The van der Waals surface area contributed by atoms with Crippen molar-refractivity contribution < 1.29 is 26.6 Å². The van der Waals surface area contributed by atoms with Gasteiger partial charge in [0, 0.05) is 64.5 Å². The third-order valence-corrected chi connectivity index (χ3v) is 17.7. The van der Waals surface area contributed by atoms with E-state index >= 15 is 0 Å². The smallest absolute Gasteiger partial charge is 0.373 e. The Labute approximate surface area is 234 Å². The van der Waals surface area contributed by atoms with E-state index in [0.717, 1.165) is 47.6 Å². The van der Waals surface area contributed by atoms with Gasteiger partial charge in [-0.05, 0) is 56.5 Å². The molecular formula is C24H38O6S4Si2. The van der Waals surface area contributed by atoms with Gasteiger partial charge in [0.2, 0.25) is 0 Å². The van der Waals surface area contributed by atoms with Gasteiger partial charge < -0.3 is 26.6 Å². The maximum absolute atomic E-state index is 5.54. The molecule has 2 aromatic rings. The maximum atomic E-state index is 5.54. The van der Waals surface area contributed by atoms with Crippen LogP contribution in [0.3, 0.4) is 0 Å². The summed E-state index contributed by atoms with van der Waals surface area (Å²) in [5, 5.41) is 1.97. The number of aryl methyl sites for hydroxylation is 2. The monoisotopic (exact) mass is 606 g/mol. The molecule has 0 aliphatic rings. The first-order chi connectivity index (χ1) is 17.5. The molecule has 0 amide bonds. The molecule has 0 aliphatic carbocycles. The number of rotatable bonds is 19. The molecule has 0 atom stereocenters. The van der Waals surface area contributed by atoms with E-state index in [4.69, 9.17) is 26.6 Å². The van der Waals surface area contributed by atoms with Crippen LogP contribution in [0.15, 0.2) is 48.5 Å². The second-order valence-corrected chi connectivity index (χ2v) is 19.8. The summed E-state index contributed by atoms with van der Waals surface area (Å²) < 4.78 is 33.3. The first kappa shape index (κ1) is 32.2. The largest absolute Gasteiger partial charge is 0.536 e. The molecule has 2 aromatic carbocycles. The van der Waals surface area contributed by atoms with E-state index in [-0.39, 0.29) is 0 Å². The number of benzene rings is 2. The van der Waals surface area contributed by atoms with Gasteiger partial charge in [0.05, 0.1) is 0 Å². The van der Waals surface area contributed by atoms with Crippen LogP contribution in [-0.4, -0.2) is 71.8 Å². The van der Waals surface area contributed by atoms with Gasteiger partial charge in [0.15, 0.2) is 0 Å². The normalized spacial score (nSPS) is 12.3. The second-order valence-electron chi connectivity index (χ2n) is 7.72. The SMILES string of the molecule is CO[Si](OC)(OC)c1ccc(CCCSSSSCCCc2ccc([Si](OC)(OC)OC)cc2)cc1. The molecule has 0 saturated heterocycles. The lowest BCUT2D eigenvalue weighted by Crippen LogP contribution is -2.54. The third kappa shape index (κ3) is 9.35. The molecule has 0 N–H and O–H groups in total. The predicted octanol–water partition coefficient (Wildman–Crippen LogP) is 5.10. The standard InChI is InChI=1S/C24H38O6S4Si2/c1-25-35(26-2,27-3)23-15-11-21(12-16-23)9-7-19-31-33-34-32-20-8-10-22-13-17-24(18-14-22)36(28-4,29-5)30-6/h11-18H,7-10,19-20H2,1-6H3. The van der Waals surface area contributed by atoms with Crippen molar-refractivity contribution in [2.24, 2.45) is 0 Å². The van der Waals surface area contributed by atoms with Gasteiger partial charge in [0.25, 0.3) is 0 Å². The van der Waals surface area contributed by atoms with Gasteiger partial charge in [-0.25, -0.2) is 0 Å². The fraction of sp³-hybridized carbons (Fsp3) is 0.500. The molecular weight excluding hydrogens is 569 g/mol. The average Bonchev–Trinajstić information content (AvgIpc) is 2.94. The molecule has 0 unspecified atom stereocenters. The Morgan fingerprint density at radius 3 is 1.08 bits per heavy atom. The van der Waals surface area contributed by atoms with E-state index < -0.39 is 17.6 Å². The topological polar surface area (TPSA) is 55.4 Å². The highest BCUT2D eigenvalue weighted by atomic mass is 33.7. The molecule has 0 radical (unpaired) electrons. The molecule has 0 aliphatic heterocycles. The van der Waals surface area contributed by atoms with Crippen LogP contribution >= 0.6 is 41.2 Å². The maximum Gasteiger partial charge on any atom is 0.536 e. The van der Waals surface area contributed by atoms with Crippen molar-refractivity contribution in [1.29, 1.82) is 0 Å². The van der Waals surface area contributed by atoms with Crippen molar-refractivity contribution in [3.63, 3.8) is 0 Å². The summed E-state index contributed by atoms with van der Waals surface area (Å²) in [6, 6.07) is 16.8. The van der Waals surface area contributed by atoms with Gasteiger partial charge >= 0.3 is 17.6 Å². The van der Waals surface area contributed by atoms with Crippen LogP contribution in [-0.2, 0) is 39.4 Å². The summed E-state index contributed by atoms with van der Waals surface area (Å²) in [6.07, 6.45) is 4.43. The van der Waals surface area contributed by atoms with E-state index in [0.29, 0.717) is 0 Å². The molecule has 0 heterocycles. The summed E-state index contributed by atoms with van der Waals surface area (Å²) in [5.41, 5.74) is 2.65. The quantitative estimate of drug-likeness (QED) is 0.123. The van der Waals surface area contributed by atoms with Crippen molar-refractivity contribution >= 4 is 69.2 Å². The summed E-state index contributed by atoms with van der Waals surface area (Å²) >= 11 is 0.